The summed E-state index contributed by atoms with van der Waals surface area (Å²) in [5.41, 5.74) is 5.88. The van der Waals surface area contributed by atoms with E-state index in [0.717, 1.165) is 47.7 Å². The minimum absolute atomic E-state index is 0.0602. The number of fused-ring (bicyclic) bond motifs is 1. The Morgan fingerprint density at radius 2 is 1.76 bits per heavy atom. The number of H-pyrrole nitrogens is 1. The van der Waals surface area contributed by atoms with Gasteiger partial charge in [0.1, 0.15) is 5.82 Å². The highest BCUT2D eigenvalue weighted by atomic mass is 19.1. The number of aryl methyl sites for hydroxylation is 1. The first-order valence-corrected chi connectivity index (χ1v) is 13.0. The van der Waals surface area contributed by atoms with E-state index in [1.54, 1.807) is 6.07 Å². The Hall–Kier alpha value is -3.71. The molecule has 2 N–H and O–H groups in total. The van der Waals surface area contributed by atoms with Gasteiger partial charge < -0.3 is 20.1 Å². The summed E-state index contributed by atoms with van der Waals surface area (Å²) in [6.45, 7) is 12.3. The average molecular weight is 503 g/mol. The molecule has 0 spiro atoms. The van der Waals surface area contributed by atoms with Crippen LogP contribution in [0.25, 0.3) is 22.8 Å². The van der Waals surface area contributed by atoms with E-state index in [0.29, 0.717) is 29.9 Å². The summed E-state index contributed by atoms with van der Waals surface area (Å²) in [7, 11) is 0. The second-order valence-electron chi connectivity index (χ2n) is 9.32. The molecule has 2 amide bonds. The number of hydrogen-bond donors (Lipinski definition) is 2. The first-order valence-electron chi connectivity index (χ1n) is 13.0. The summed E-state index contributed by atoms with van der Waals surface area (Å²) in [5.74, 6) is -0.497. The molecule has 1 aliphatic heterocycles. The molecule has 0 radical (unpaired) electrons. The van der Waals surface area contributed by atoms with Gasteiger partial charge in [-0.15, -0.1) is 0 Å². The second kappa shape index (κ2) is 11.6. The lowest BCUT2D eigenvalue weighted by Crippen LogP contribution is -2.39. The normalized spacial score (nSPS) is 13.8. The zero-order valence-corrected chi connectivity index (χ0v) is 22.0. The van der Waals surface area contributed by atoms with Crippen LogP contribution in [0.15, 0.2) is 48.5 Å². The molecule has 1 aromatic heterocycles. The molecule has 0 saturated heterocycles. The van der Waals surface area contributed by atoms with Gasteiger partial charge in [0, 0.05) is 42.3 Å². The van der Waals surface area contributed by atoms with Crippen molar-refractivity contribution in [1.29, 1.82) is 0 Å². The molecule has 2 heterocycles. The number of halogens is 1. The molecule has 0 bridgehead atoms. The number of rotatable bonds is 10. The molecule has 194 valence electrons. The molecule has 2 aromatic carbocycles. The SMILES string of the molecule is CCN(CC)CCN(CC)C(=O)Cc1cc(C)[nH]c1/C=C1\C(=O)Nc2cccc(-c3cccc(F)c3)c21. The van der Waals surface area contributed by atoms with Crippen molar-refractivity contribution in [2.75, 3.05) is 38.0 Å². The first-order chi connectivity index (χ1) is 17.8. The summed E-state index contributed by atoms with van der Waals surface area (Å²) in [6, 6.07) is 13.9. The number of amides is 2. The van der Waals surface area contributed by atoms with Gasteiger partial charge in [0.2, 0.25) is 5.91 Å². The summed E-state index contributed by atoms with van der Waals surface area (Å²) >= 11 is 0. The third kappa shape index (κ3) is 5.83. The Kier molecular flexibility index (Phi) is 8.24. The average Bonchev–Trinajstić information content (AvgIpc) is 3.39. The summed E-state index contributed by atoms with van der Waals surface area (Å²) in [5, 5.41) is 2.93. The van der Waals surface area contributed by atoms with Crippen molar-refractivity contribution in [2.24, 2.45) is 0 Å². The second-order valence-corrected chi connectivity index (χ2v) is 9.32. The molecular formula is C30H35FN4O2. The van der Waals surface area contributed by atoms with Crippen LogP contribution in [0.4, 0.5) is 10.1 Å². The minimum atomic E-state index is -0.333. The summed E-state index contributed by atoms with van der Waals surface area (Å²) in [6.07, 6.45) is 2.06. The number of carbonyl (C=O) groups excluding carboxylic acids is 2. The molecule has 6 nitrogen and oxygen atoms in total. The first kappa shape index (κ1) is 26.4. The molecule has 1 aliphatic rings. The Balaban J connectivity index is 1.65. The maximum absolute atomic E-state index is 14.0. The third-order valence-electron chi connectivity index (χ3n) is 6.98. The number of aromatic nitrogens is 1. The van der Waals surface area contributed by atoms with Gasteiger partial charge >= 0.3 is 0 Å². The standard InChI is InChI=1S/C30H35FN4O2/c1-5-34(6-2)14-15-35(7-3)28(36)18-22-16-20(4)32-27(22)19-25-29-24(21-10-8-11-23(31)17-21)12-9-13-26(29)33-30(25)37/h8-13,16-17,19,32H,5-7,14-15,18H2,1-4H3,(H,33,37)/b25-19-. The van der Waals surface area contributed by atoms with Gasteiger partial charge in [-0.1, -0.05) is 38.1 Å². The van der Waals surface area contributed by atoms with Crippen LogP contribution in [0.5, 0.6) is 0 Å². The van der Waals surface area contributed by atoms with E-state index in [1.165, 1.54) is 12.1 Å². The third-order valence-corrected chi connectivity index (χ3v) is 6.98. The molecule has 4 rings (SSSR count). The van der Waals surface area contributed by atoms with Crippen LogP contribution in [-0.4, -0.2) is 59.3 Å². The van der Waals surface area contributed by atoms with Crippen LogP contribution in [0.2, 0.25) is 0 Å². The van der Waals surface area contributed by atoms with E-state index in [1.807, 2.05) is 55.2 Å². The summed E-state index contributed by atoms with van der Waals surface area (Å²) in [4.78, 5) is 33.8. The Morgan fingerprint density at radius 1 is 1.00 bits per heavy atom. The molecule has 0 unspecified atom stereocenters. The molecule has 37 heavy (non-hydrogen) atoms. The van der Waals surface area contributed by atoms with Crippen LogP contribution < -0.4 is 5.32 Å². The Labute approximate surface area is 218 Å². The molecular weight excluding hydrogens is 467 g/mol. The predicted molar refractivity (Wildman–Crippen MR) is 148 cm³/mol. The van der Waals surface area contributed by atoms with Gasteiger partial charge in [0.05, 0.1) is 12.0 Å². The van der Waals surface area contributed by atoms with E-state index in [2.05, 4.69) is 29.0 Å². The summed E-state index contributed by atoms with van der Waals surface area (Å²) < 4.78 is 14.0. The maximum atomic E-state index is 14.0. The topological polar surface area (TPSA) is 68.4 Å². The maximum Gasteiger partial charge on any atom is 0.256 e. The van der Waals surface area contributed by atoms with Crippen LogP contribution in [-0.2, 0) is 16.0 Å². The minimum Gasteiger partial charge on any atom is -0.359 e. The fourth-order valence-electron chi connectivity index (χ4n) is 4.91. The van der Waals surface area contributed by atoms with Gasteiger partial charge in [0.15, 0.2) is 0 Å². The number of hydrogen-bond acceptors (Lipinski definition) is 3. The van der Waals surface area contributed by atoms with Crippen LogP contribution in [0, 0.1) is 12.7 Å². The van der Waals surface area contributed by atoms with Gasteiger partial charge in [-0.25, -0.2) is 4.39 Å². The fourth-order valence-corrected chi connectivity index (χ4v) is 4.91. The van der Waals surface area contributed by atoms with Crippen molar-refractivity contribution in [3.05, 3.63) is 76.9 Å². The van der Waals surface area contributed by atoms with Crippen molar-refractivity contribution >= 4 is 29.2 Å². The Bertz CT molecular complexity index is 1320. The van der Waals surface area contributed by atoms with Crippen molar-refractivity contribution in [3.8, 4) is 11.1 Å². The smallest absolute Gasteiger partial charge is 0.256 e. The van der Waals surface area contributed by atoms with Gasteiger partial charge in [-0.3, -0.25) is 9.59 Å². The molecule has 7 heteroatoms. The lowest BCUT2D eigenvalue weighted by Gasteiger charge is -2.25. The molecule has 0 aliphatic carbocycles. The van der Waals surface area contributed by atoms with Gasteiger partial charge in [-0.05, 0) is 74.0 Å². The van der Waals surface area contributed by atoms with Gasteiger partial charge in [0.25, 0.3) is 5.91 Å². The fraction of sp³-hybridized carbons (Fsp3) is 0.333. The van der Waals surface area contributed by atoms with E-state index >= 15 is 0 Å². The Morgan fingerprint density at radius 3 is 2.46 bits per heavy atom. The highest BCUT2D eigenvalue weighted by molar-refractivity contribution is 6.36. The highest BCUT2D eigenvalue weighted by Gasteiger charge is 2.28. The zero-order valence-electron chi connectivity index (χ0n) is 22.0. The predicted octanol–water partition coefficient (Wildman–Crippen LogP) is 5.35. The van der Waals surface area contributed by atoms with Crippen LogP contribution in [0.3, 0.4) is 0 Å². The molecule has 0 fully saturated rings. The quantitative estimate of drug-likeness (QED) is 0.367. The van der Waals surface area contributed by atoms with Crippen molar-refractivity contribution in [3.63, 3.8) is 0 Å². The van der Waals surface area contributed by atoms with Crippen LogP contribution in [0.1, 0.15) is 43.3 Å². The van der Waals surface area contributed by atoms with Gasteiger partial charge in [-0.2, -0.15) is 0 Å². The highest BCUT2D eigenvalue weighted by Crippen LogP contribution is 2.40. The van der Waals surface area contributed by atoms with Crippen LogP contribution >= 0.6 is 0 Å². The molecule has 3 aromatic rings. The lowest BCUT2D eigenvalue weighted by atomic mass is 9.94. The monoisotopic (exact) mass is 502 g/mol. The number of benzene rings is 2. The zero-order chi connectivity index (χ0) is 26.5. The largest absolute Gasteiger partial charge is 0.359 e. The molecule has 0 saturated carbocycles. The van der Waals surface area contributed by atoms with Crippen molar-refractivity contribution in [2.45, 2.75) is 34.1 Å². The molecule has 0 atom stereocenters. The van der Waals surface area contributed by atoms with E-state index in [9.17, 15) is 14.0 Å². The number of carbonyl (C=O) groups is 2. The van der Waals surface area contributed by atoms with Crippen molar-refractivity contribution < 1.29 is 14.0 Å². The number of nitrogens with zero attached hydrogens (tertiary/aromatic N) is 2. The number of likely N-dealkylation sites (N-methyl/N-ethyl adjacent to an activating group) is 2. The van der Waals surface area contributed by atoms with E-state index < -0.39 is 0 Å². The van der Waals surface area contributed by atoms with E-state index in [4.69, 9.17) is 0 Å². The van der Waals surface area contributed by atoms with E-state index in [-0.39, 0.29) is 24.1 Å². The number of anilines is 1. The number of nitrogens with one attached hydrogen (secondary N) is 2. The number of aromatic amines is 1. The van der Waals surface area contributed by atoms with Crippen molar-refractivity contribution in [1.82, 2.24) is 14.8 Å². The lowest BCUT2D eigenvalue weighted by molar-refractivity contribution is -0.130.